The first-order valence-electron chi connectivity index (χ1n) is 11.8. The first kappa shape index (κ1) is 20.2. The van der Waals surface area contributed by atoms with E-state index in [2.05, 4.69) is 64.8 Å². The van der Waals surface area contributed by atoms with Gasteiger partial charge >= 0.3 is 0 Å². The molecule has 2 fully saturated rings. The first-order valence-corrected chi connectivity index (χ1v) is 12.6. The van der Waals surface area contributed by atoms with Gasteiger partial charge in [-0.2, -0.15) is 5.10 Å². The van der Waals surface area contributed by atoms with E-state index in [4.69, 9.17) is 4.98 Å². The lowest BCUT2D eigenvalue weighted by atomic mass is 9.99. The molecule has 6 rings (SSSR count). The van der Waals surface area contributed by atoms with Gasteiger partial charge in [0.15, 0.2) is 10.8 Å². The van der Waals surface area contributed by atoms with Crippen molar-refractivity contribution >= 4 is 32.5 Å². The highest BCUT2D eigenvalue weighted by Gasteiger charge is 2.31. The van der Waals surface area contributed by atoms with Gasteiger partial charge in [0.05, 0.1) is 5.69 Å². The molecule has 1 aliphatic heterocycles. The number of aromatic nitrogens is 5. The average Bonchev–Trinajstić information content (AvgIpc) is 3.13. The summed E-state index contributed by atoms with van der Waals surface area (Å²) < 4.78 is 1.87. The van der Waals surface area contributed by atoms with Crippen molar-refractivity contribution in [1.29, 1.82) is 0 Å². The van der Waals surface area contributed by atoms with Gasteiger partial charge in [-0.1, -0.05) is 25.2 Å². The maximum absolute atomic E-state index is 5.19. The number of H-pyrrole nitrogens is 1. The molecule has 0 unspecified atom stereocenters. The predicted octanol–water partition coefficient (Wildman–Crippen LogP) is 4.69. The Labute approximate surface area is 192 Å². The quantitative estimate of drug-likeness (QED) is 0.479. The monoisotopic (exact) mass is 449 g/mol. The molecule has 7 nitrogen and oxygen atoms in total. The summed E-state index contributed by atoms with van der Waals surface area (Å²) in [6.07, 6.45) is 6.53. The summed E-state index contributed by atoms with van der Waals surface area (Å²) in [5.74, 6) is 1.33. The van der Waals surface area contributed by atoms with Crippen LogP contribution in [-0.4, -0.2) is 61.7 Å². The number of anilines is 1. The maximum Gasteiger partial charge on any atom is 0.188 e. The third-order valence-electron chi connectivity index (χ3n) is 6.97. The third-order valence-corrected chi connectivity index (χ3v) is 7.98. The molecule has 0 bridgehead atoms. The molecule has 0 amide bonds. The Kier molecular flexibility index (Phi) is 4.76. The van der Waals surface area contributed by atoms with Gasteiger partial charge in [-0.3, -0.25) is 4.90 Å². The number of hydrogen-bond donors (Lipinski definition) is 1. The predicted molar refractivity (Wildman–Crippen MR) is 131 cm³/mol. The van der Waals surface area contributed by atoms with E-state index in [0.29, 0.717) is 12.0 Å². The van der Waals surface area contributed by atoms with Crippen LogP contribution in [0.25, 0.3) is 27.3 Å². The van der Waals surface area contributed by atoms with Crippen LogP contribution in [0.3, 0.4) is 0 Å². The SMILES string of the molecule is Cc1cc(-c2[nH]c3sc(N4CCN(CC5CC5)C[C@H]4C)nc3c2C(C)C)cn2ncnc12. The van der Waals surface area contributed by atoms with E-state index in [1.165, 1.54) is 29.8 Å². The molecule has 0 aromatic carbocycles. The second-order valence-electron chi connectivity index (χ2n) is 9.93. The highest BCUT2D eigenvalue weighted by molar-refractivity contribution is 7.21. The lowest BCUT2D eigenvalue weighted by Crippen LogP contribution is -2.52. The normalized spacial score (nSPS) is 20.3. The maximum atomic E-state index is 5.19. The van der Waals surface area contributed by atoms with E-state index in [-0.39, 0.29) is 0 Å². The molecule has 4 aromatic heterocycles. The van der Waals surface area contributed by atoms with E-state index < -0.39 is 0 Å². The van der Waals surface area contributed by atoms with Crippen LogP contribution in [0.2, 0.25) is 0 Å². The first-order chi connectivity index (χ1) is 15.5. The van der Waals surface area contributed by atoms with Gasteiger partial charge in [-0.15, -0.1) is 0 Å². The van der Waals surface area contributed by atoms with Crippen molar-refractivity contribution in [3.05, 3.63) is 29.7 Å². The van der Waals surface area contributed by atoms with Gasteiger partial charge in [0.25, 0.3) is 0 Å². The number of nitrogens with zero attached hydrogens (tertiary/aromatic N) is 6. The lowest BCUT2D eigenvalue weighted by Gasteiger charge is -2.39. The summed E-state index contributed by atoms with van der Waals surface area (Å²) in [4.78, 5) is 19.6. The Morgan fingerprint density at radius 3 is 2.84 bits per heavy atom. The van der Waals surface area contributed by atoms with Crippen molar-refractivity contribution in [2.45, 2.75) is 52.5 Å². The standard InChI is InChI=1S/C24H31N7S/c1-14(2)19-20(18-9-15(3)22-25-13-26-31(22)12-18)27-23-21(19)28-24(32-23)30-8-7-29(10-16(30)4)11-17-5-6-17/h9,12-14,16-17,27H,5-8,10-11H2,1-4H3/t16-/m1/s1. The Morgan fingerprint density at radius 1 is 1.25 bits per heavy atom. The molecule has 0 spiro atoms. The molecule has 1 aliphatic carbocycles. The number of piperazine rings is 1. The van der Waals surface area contributed by atoms with Crippen molar-refractivity contribution < 1.29 is 0 Å². The molecule has 8 heteroatoms. The second-order valence-corrected chi connectivity index (χ2v) is 10.9. The highest BCUT2D eigenvalue weighted by Crippen LogP contribution is 2.40. The molecule has 4 aromatic rings. The van der Waals surface area contributed by atoms with Crippen molar-refractivity contribution in [2.24, 2.45) is 5.92 Å². The van der Waals surface area contributed by atoms with Gasteiger partial charge in [0, 0.05) is 49.5 Å². The fourth-order valence-electron chi connectivity index (χ4n) is 5.17. The Balaban J connectivity index is 1.34. The summed E-state index contributed by atoms with van der Waals surface area (Å²) in [6, 6.07) is 2.70. The van der Waals surface area contributed by atoms with Crippen LogP contribution in [-0.2, 0) is 0 Å². The smallest absolute Gasteiger partial charge is 0.188 e. The summed E-state index contributed by atoms with van der Waals surface area (Å²) >= 11 is 1.80. The molecule has 1 saturated heterocycles. The minimum atomic E-state index is 0.369. The average molecular weight is 450 g/mol. The Hall–Kier alpha value is -2.45. The minimum absolute atomic E-state index is 0.369. The van der Waals surface area contributed by atoms with E-state index in [9.17, 15) is 0 Å². The van der Waals surface area contributed by atoms with Crippen LogP contribution in [0.5, 0.6) is 0 Å². The number of aromatic amines is 1. The van der Waals surface area contributed by atoms with E-state index in [1.807, 2.05) is 4.52 Å². The van der Waals surface area contributed by atoms with Crippen molar-refractivity contribution in [3.8, 4) is 11.3 Å². The summed E-state index contributed by atoms with van der Waals surface area (Å²) in [5, 5.41) is 5.52. The molecule has 5 heterocycles. The van der Waals surface area contributed by atoms with Crippen LogP contribution < -0.4 is 4.90 Å². The summed E-state index contributed by atoms with van der Waals surface area (Å²) in [6.45, 7) is 13.6. The summed E-state index contributed by atoms with van der Waals surface area (Å²) in [7, 11) is 0. The lowest BCUT2D eigenvalue weighted by molar-refractivity contribution is 0.220. The highest BCUT2D eigenvalue weighted by atomic mass is 32.1. The van der Waals surface area contributed by atoms with Crippen LogP contribution >= 0.6 is 11.3 Å². The Bertz CT molecular complexity index is 1280. The molecular weight excluding hydrogens is 418 g/mol. The molecular formula is C24H31N7S. The number of rotatable bonds is 5. The van der Waals surface area contributed by atoms with Gasteiger partial charge in [-0.05, 0) is 50.2 Å². The number of aryl methyl sites for hydroxylation is 1. The minimum Gasteiger partial charge on any atom is -0.345 e. The zero-order valence-electron chi connectivity index (χ0n) is 19.3. The molecule has 1 N–H and O–H groups in total. The van der Waals surface area contributed by atoms with Gasteiger partial charge in [-0.25, -0.2) is 14.5 Å². The van der Waals surface area contributed by atoms with E-state index in [0.717, 1.165) is 58.7 Å². The molecule has 2 aliphatic rings. The number of pyridine rings is 1. The molecule has 1 atom stereocenters. The molecule has 0 radical (unpaired) electrons. The number of nitrogens with one attached hydrogen (secondary N) is 1. The topological polar surface area (TPSA) is 65.4 Å². The number of hydrogen-bond acceptors (Lipinski definition) is 6. The summed E-state index contributed by atoms with van der Waals surface area (Å²) in [5.41, 5.74) is 6.74. The molecule has 32 heavy (non-hydrogen) atoms. The van der Waals surface area contributed by atoms with Crippen LogP contribution in [0.15, 0.2) is 18.6 Å². The fourth-order valence-corrected chi connectivity index (χ4v) is 6.28. The van der Waals surface area contributed by atoms with Gasteiger partial charge in [0.2, 0.25) is 0 Å². The van der Waals surface area contributed by atoms with Gasteiger partial charge in [0.1, 0.15) is 16.7 Å². The number of fused-ring (bicyclic) bond motifs is 2. The van der Waals surface area contributed by atoms with Gasteiger partial charge < -0.3 is 9.88 Å². The zero-order chi connectivity index (χ0) is 22.0. The molecule has 168 valence electrons. The van der Waals surface area contributed by atoms with Crippen LogP contribution in [0.1, 0.15) is 50.7 Å². The molecule has 1 saturated carbocycles. The number of thiazole rings is 1. The van der Waals surface area contributed by atoms with E-state index >= 15 is 0 Å². The zero-order valence-corrected chi connectivity index (χ0v) is 20.1. The van der Waals surface area contributed by atoms with Crippen molar-refractivity contribution in [1.82, 2.24) is 29.5 Å². The van der Waals surface area contributed by atoms with Crippen LogP contribution in [0.4, 0.5) is 5.13 Å². The van der Waals surface area contributed by atoms with Crippen molar-refractivity contribution in [2.75, 3.05) is 31.1 Å². The largest absolute Gasteiger partial charge is 0.345 e. The van der Waals surface area contributed by atoms with Crippen molar-refractivity contribution in [3.63, 3.8) is 0 Å². The fraction of sp³-hybridized carbons (Fsp3) is 0.542. The van der Waals surface area contributed by atoms with E-state index in [1.54, 1.807) is 17.7 Å². The Morgan fingerprint density at radius 2 is 2.09 bits per heavy atom. The van der Waals surface area contributed by atoms with Crippen LogP contribution in [0, 0.1) is 12.8 Å². The second kappa shape index (κ2) is 7.56. The third kappa shape index (κ3) is 3.40.